The number of carboxylic acid groups (broad SMARTS) is 1. The molecule has 2 aromatic rings. The third kappa shape index (κ3) is 2.25. The van der Waals surface area contributed by atoms with Crippen LogP contribution in [0.3, 0.4) is 0 Å². The zero-order valence-corrected chi connectivity index (χ0v) is 10.8. The molecule has 0 saturated carbocycles. The van der Waals surface area contributed by atoms with Gasteiger partial charge in [0.2, 0.25) is 0 Å². The van der Waals surface area contributed by atoms with Crippen LogP contribution in [0.25, 0.3) is 10.4 Å². The molecule has 0 amide bonds. The molecule has 0 aliphatic heterocycles. The number of hydrogen-bond acceptors (Lipinski definition) is 4. The summed E-state index contributed by atoms with van der Waals surface area (Å²) in [6, 6.07) is 4.96. The van der Waals surface area contributed by atoms with Crippen molar-refractivity contribution in [3.63, 3.8) is 0 Å². The number of aromatic carboxylic acids is 1. The number of anilines is 1. The molecule has 0 bridgehead atoms. The van der Waals surface area contributed by atoms with E-state index in [1.807, 2.05) is 0 Å². The minimum atomic E-state index is -1.27. The lowest BCUT2D eigenvalue weighted by Gasteiger charge is -2.04. The summed E-state index contributed by atoms with van der Waals surface area (Å²) in [5, 5.41) is 9.04. The van der Waals surface area contributed by atoms with E-state index in [1.165, 1.54) is 17.4 Å². The first-order valence-electron chi connectivity index (χ1n) is 4.51. The minimum absolute atomic E-state index is 0.138. The summed E-state index contributed by atoms with van der Waals surface area (Å²) < 4.78 is 0.850. The molecule has 0 fully saturated rings. The van der Waals surface area contributed by atoms with Crippen LogP contribution in [0.15, 0.2) is 26.8 Å². The van der Waals surface area contributed by atoms with Gasteiger partial charge in [0.1, 0.15) is 11.4 Å². The van der Waals surface area contributed by atoms with Gasteiger partial charge in [-0.2, -0.15) is 0 Å². The number of nitrogen functional groups attached to an aromatic ring is 1. The number of halogens is 1. The van der Waals surface area contributed by atoms with Crippen molar-refractivity contribution in [2.75, 3.05) is 5.73 Å². The first-order valence-corrected chi connectivity index (χ1v) is 6.12. The lowest BCUT2D eigenvalue weighted by molar-refractivity contribution is 0.0696. The number of carbonyl (C=O) groups is 1. The zero-order valence-electron chi connectivity index (χ0n) is 8.36. The number of aromatic nitrogens is 1. The molecule has 5 nitrogen and oxygen atoms in total. The number of nitrogens with one attached hydrogen (secondary N) is 1. The highest BCUT2D eigenvalue weighted by Gasteiger charge is 2.18. The van der Waals surface area contributed by atoms with Gasteiger partial charge in [0.15, 0.2) is 0 Å². The third-order valence-corrected chi connectivity index (χ3v) is 3.76. The third-order valence-electron chi connectivity index (χ3n) is 2.11. The van der Waals surface area contributed by atoms with Crippen molar-refractivity contribution in [2.45, 2.75) is 0 Å². The summed E-state index contributed by atoms with van der Waals surface area (Å²) in [5.74, 6) is -1.13. The monoisotopic (exact) mass is 314 g/mol. The Morgan fingerprint density at radius 1 is 1.47 bits per heavy atom. The summed E-state index contributed by atoms with van der Waals surface area (Å²) in [5.41, 5.74) is 4.85. The lowest BCUT2D eigenvalue weighted by atomic mass is 10.1. The Kier molecular flexibility index (Phi) is 3.03. The maximum absolute atomic E-state index is 11.6. The van der Waals surface area contributed by atoms with E-state index in [2.05, 4.69) is 20.9 Å². The second-order valence-corrected chi connectivity index (χ2v) is 5.71. The molecule has 0 aromatic carbocycles. The Morgan fingerprint density at radius 3 is 2.71 bits per heavy atom. The molecule has 0 saturated heterocycles. The maximum atomic E-state index is 11.6. The van der Waals surface area contributed by atoms with Crippen LogP contribution in [0.4, 0.5) is 5.82 Å². The van der Waals surface area contributed by atoms with Gasteiger partial charge < -0.3 is 15.8 Å². The molecule has 0 aliphatic carbocycles. The van der Waals surface area contributed by atoms with Gasteiger partial charge in [0, 0.05) is 10.4 Å². The maximum Gasteiger partial charge on any atom is 0.342 e. The van der Waals surface area contributed by atoms with E-state index in [9.17, 15) is 9.59 Å². The van der Waals surface area contributed by atoms with Gasteiger partial charge in [0.25, 0.3) is 5.56 Å². The number of hydrogen-bond donors (Lipinski definition) is 3. The Labute approximate surface area is 108 Å². The first-order chi connectivity index (χ1) is 7.99. The Morgan fingerprint density at radius 2 is 2.18 bits per heavy atom. The van der Waals surface area contributed by atoms with Gasteiger partial charge in [-0.3, -0.25) is 4.79 Å². The minimum Gasteiger partial charge on any atom is -0.477 e. The topological polar surface area (TPSA) is 96.2 Å². The number of nitrogens with two attached hydrogens (primary N) is 1. The van der Waals surface area contributed by atoms with E-state index in [1.54, 1.807) is 12.1 Å². The summed E-state index contributed by atoms with van der Waals surface area (Å²) in [6.45, 7) is 0. The van der Waals surface area contributed by atoms with Crippen molar-refractivity contribution in [2.24, 2.45) is 0 Å². The molecule has 2 aromatic heterocycles. The van der Waals surface area contributed by atoms with E-state index >= 15 is 0 Å². The fourth-order valence-corrected chi connectivity index (χ4v) is 2.85. The van der Waals surface area contributed by atoms with E-state index in [0.29, 0.717) is 10.4 Å². The lowest BCUT2D eigenvalue weighted by Crippen LogP contribution is -2.19. The molecule has 0 atom stereocenters. The van der Waals surface area contributed by atoms with Crippen molar-refractivity contribution >= 4 is 39.1 Å². The van der Waals surface area contributed by atoms with Crippen molar-refractivity contribution in [1.82, 2.24) is 4.98 Å². The SMILES string of the molecule is Nc1cc(-c2ccc(Br)s2)c(C(=O)O)c(=O)[nH]1. The molecule has 88 valence electrons. The van der Waals surface area contributed by atoms with Gasteiger partial charge in [0.05, 0.1) is 3.79 Å². The number of carboxylic acids is 1. The molecule has 4 N–H and O–H groups in total. The van der Waals surface area contributed by atoms with Crippen LogP contribution in [0.1, 0.15) is 10.4 Å². The van der Waals surface area contributed by atoms with Gasteiger partial charge in [-0.25, -0.2) is 4.79 Å². The predicted molar refractivity (Wildman–Crippen MR) is 69.4 cm³/mol. The van der Waals surface area contributed by atoms with Crippen LogP contribution in [0.5, 0.6) is 0 Å². The predicted octanol–water partition coefficient (Wildman–Crippen LogP) is 2.15. The number of aromatic amines is 1. The second-order valence-electron chi connectivity index (χ2n) is 3.25. The first kappa shape index (κ1) is 11.9. The Bertz CT molecular complexity index is 647. The fraction of sp³-hybridized carbons (Fsp3) is 0. The summed E-state index contributed by atoms with van der Waals surface area (Å²) in [7, 11) is 0. The fourth-order valence-electron chi connectivity index (χ4n) is 1.45. The number of thiophene rings is 1. The summed E-state index contributed by atoms with van der Waals surface area (Å²) in [6.07, 6.45) is 0. The standard InChI is InChI=1S/C10H7BrN2O3S/c11-6-2-1-5(17-6)4-3-7(12)13-9(14)8(4)10(15)16/h1-3H,(H,15,16)(H3,12,13,14). The largest absolute Gasteiger partial charge is 0.477 e. The van der Waals surface area contributed by atoms with Crippen LogP contribution in [-0.4, -0.2) is 16.1 Å². The number of pyridine rings is 1. The van der Waals surface area contributed by atoms with E-state index in [0.717, 1.165) is 3.79 Å². The second kappa shape index (κ2) is 4.34. The van der Waals surface area contributed by atoms with Crippen LogP contribution >= 0.6 is 27.3 Å². The van der Waals surface area contributed by atoms with Crippen LogP contribution in [-0.2, 0) is 0 Å². The van der Waals surface area contributed by atoms with Crippen molar-refractivity contribution in [3.05, 3.63) is 37.9 Å². The molecule has 0 spiro atoms. The average Bonchev–Trinajstić information content (AvgIpc) is 2.62. The highest BCUT2D eigenvalue weighted by Crippen LogP contribution is 2.32. The summed E-state index contributed by atoms with van der Waals surface area (Å²) in [4.78, 5) is 25.6. The highest BCUT2D eigenvalue weighted by molar-refractivity contribution is 9.11. The normalized spacial score (nSPS) is 10.4. The molecule has 0 unspecified atom stereocenters. The summed E-state index contributed by atoms with van der Waals surface area (Å²) >= 11 is 4.62. The number of rotatable bonds is 2. The molecular formula is C10H7BrN2O3S. The van der Waals surface area contributed by atoms with Crippen molar-refractivity contribution < 1.29 is 9.90 Å². The average molecular weight is 315 g/mol. The Hall–Kier alpha value is -1.60. The smallest absolute Gasteiger partial charge is 0.342 e. The van der Waals surface area contributed by atoms with Crippen LogP contribution in [0, 0.1) is 0 Å². The van der Waals surface area contributed by atoms with Crippen LogP contribution < -0.4 is 11.3 Å². The molecule has 2 heterocycles. The van der Waals surface area contributed by atoms with E-state index in [-0.39, 0.29) is 11.4 Å². The molecule has 17 heavy (non-hydrogen) atoms. The van der Waals surface area contributed by atoms with Gasteiger partial charge in [-0.15, -0.1) is 11.3 Å². The van der Waals surface area contributed by atoms with Crippen LogP contribution in [0.2, 0.25) is 0 Å². The molecule has 2 rings (SSSR count). The van der Waals surface area contributed by atoms with E-state index in [4.69, 9.17) is 10.8 Å². The van der Waals surface area contributed by atoms with Gasteiger partial charge in [-0.05, 0) is 34.1 Å². The Balaban J connectivity index is 2.76. The van der Waals surface area contributed by atoms with Crippen molar-refractivity contribution in [1.29, 1.82) is 0 Å². The molecule has 0 radical (unpaired) electrons. The highest BCUT2D eigenvalue weighted by atomic mass is 79.9. The zero-order chi connectivity index (χ0) is 12.6. The number of H-pyrrole nitrogens is 1. The molecule has 7 heteroatoms. The van der Waals surface area contributed by atoms with Gasteiger partial charge in [-0.1, -0.05) is 0 Å². The van der Waals surface area contributed by atoms with Crippen molar-refractivity contribution in [3.8, 4) is 10.4 Å². The van der Waals surface area contributed by atoms with Gasteiger partial charge >= 0.3 is 5.97 Å². The molecular weight excluding hydrogens is 308 g/mol. The van der Waals surface area contributed by atoms with E-state index < -0.39 is 11.5 Å². The quantitative estimate of drug-likeness (QED) is 0.791. The molecule has 0 aliphatic rings.